The van der Waals surface area contributed by atoms with Crippen LogP contribution in [-0.4, -0.2) is 9.49 Å². The summed E-state index contributed by atoms with van der Waals surface area (Å²) in [6.45, 7) is 9.01. The van der Waals surface area contributed by atoms with Gasteiger partial charge in [0.1, 0.15) is 0 Å². The Labute approximate surface area is 173 Å². The third-order valence-electron chi connectivity index (χ3n) is 5.42. The summed E-state index contributed by atoms with van der Waals surface area (Å²) < 4.78 is -0.549. The second kappa shape index (κ2) is 7.77. The monoisotopic (exact) mass is 392 g/mol. The summed E-state index contributed by atoms with van der Waals surface area (Å²) in [6.07, 6.45) is 0. The predicted molar refractivity (Wildman–Crippen MR) is 124 cm³/mol. The molecule has 0 saturated carbocycles. The summed E-state index contributed by atoms with van der Waals surface area (Å²) in [5.41, 5.74) is 3.87. The Balaban J connectivity index is 2.33. The van der Waals surface area contributed by atoms with E-state index in [2.05, 4.69) is 119 Å². The lowest BCUT2D eigenvalue weighted by Crippen LogP contribution is -2.42. The molecular weight excluding hydrogens is 364 g/mol. The van der Waals surface area contributed by atoms with E-state index in [1.165, 1.54) is 16.7 Å². The van der Waals surface area contributed by atoms with Gasteiger partial charge in [0.05, 0.1) is 4.75 Å². The van der Waals surface area contributed by atoms with Crippen LogP contribution in [0.5, 0.6) is 0 Å². The third kappa shape index (κ3) is 3.97. The van der Waals surface area contributed by atoms with Gasteiger partial charge in [-0.25, -0.2) is 0 Å². The minimum Gasteiger partial charge on any atom is -0.172 e. The van der Waals surface area contributed by atoms with Crippen LogP contribution in [-0.2, 0) is 4.75 Å². The summed E-state index contributed by atoms with van der Waals surface area (Å²) in [5, 5.41) is 0. The van der Waals surface area contributed by atoms with E-state index in [0.717, 1.165) is 0 Å². The molecule has 3 aromatic carbocycles. The van der Waals surface area contributed by atoms with Crippen LogP contribution < -0.4 is 0 Å². The molecule has 0 amide bonds. The largest absolute Gasteiger partial charge is 0.172 e. The Morgan fingerprint density at radius 1 is 0.556 bits per heavy atom. The normalized spacial score (nSPS) is 12.8. The molecule has 27 heavy (non-hydrogen) atoms. The van der Waals surface area contributed by atoms with Crippen molar-refractivity contribution in [1.82, 2.24) is 0 Å². The van der Waals surface area contributed by atoms with Crippen molar-refractivity contribution in [2.24, 2.45) is 0 Å². The Morgan fingerprint density at radius 2 is 0.852 bits per heavy atom. The van der Waals surface area contributed by atoms with Crippen LogP contribution >= 0.6 is 24.4 Å². The van der Waals surface area contributed by atoms with E-state index < -0.39 is 0 Å². The molecule has 0 unspecified atom stereocenters. The average Bonchev–Trinajstić information content (AvgIpc) is 2.67. The number of hydrogen-bond acceptors (Lipinski definition) is 2. The summed E-state index contributed by atoms with van der Waals surface area (Å²) in [6, 6.07) is 32.5. The second-order valence-corrected chi connectivity index (χ2v) is 10.9. The fourth-order valence-corrected chi connectivity index (χ4v) is 5.12. The molecule has 3 rings (SSSR count). The lowest BCUT2D eigenvalue weighted by Gasteiger charge is -2.46. The van der Waals surface area contributed by atoms with Crippen LogP contribution in [0.25, 0.3) is 0 Å². The number of thioether (sulfide) groups is 1. The first kappa shape index (κ1) is 20.1. The molecule has 0 nitrogen and oxygen atoms in total. The van der Waals surface area contributed by atoms with Crippen LogP contribution in [0.15, 0.2) is 91.0 Å². The molecule has 2 heteroatoms. The molecule has 3 aromatic rings. The maximum Gasteiger partial charge on any atom is 0.0912 e. The van der Waals surface area contributed by atoms with Crippen LogP contribution in [0.4, 0.5) is 0 Å². The topological polar surface area (TPSA) is 0 Å². The van der Waals surface area contributed by atoms with E-state index in [0.29, 0.717) is 0 Å². The third-order valence-corrected chi connectivity index (χ3v) is 8.17. The van der Waals surface area contributed by atoms with Gasteiger partial charge in [-0.2, -0.15) is 12.6 Å². The summed E-state index contributed by atoms with van der Waals surface area (Å²) in [4.78, 5) is 0. The van der Waals surface area contributed by atoms with Crippen molar-refractivity contribution in [3.63, 3.8) is 0 Å². The zero-order valence-electron chi connectivity index (χ0n) is 16.5. The van der Waals surface area contributed by atoms with Crippen LogP contribution in [0.1, 0.15) is 44.4 Å². The second-order valence-electron chi connectivity index (χ2n) is 7.95. The molecule has 0 radical (unpaired) electrons. The Morgan fingerprint density at radius 3 is 1.11 bits per heavy atom. The van der Waals surface area contributed by atoms with Crippen LogP contribution in [0.3, 0.4) is 0 Å². The van der Waals surface area contributed by atoms with Gasteiger partial charge in [0.15, 0.2) is 0 Å². The maximum absolute atomic E-state index is 4.96. The minimum atomic E-state index is -0.312. The van der Waals surface area contributed by atoms with E-state index in [1.54, 1.807) is 0 Å². The molecule has 0 aliphatic rings. The van der Waals surface area contributed by atoms with Crippen molar-refractivity contribution in [3.8, 4) is 0 Å². The molecule has 0 aliphatic carbocycles. The Bertz CT molecular complexity index is 750. The highest BCUT2D eigenvalue weighted by atomic mass is 32.2. The van der Waals surface area contributed by atoms with E-state index in [9.17, 15) is 0 Å². The number of benzene rings is 3. The lowest BCUT2D eigenvalue weighted by molar-refractivity contribution is 0.551. The molecule has 0 heterocycles. The number of thiol groups is 1. The molecule has 0 bridgehead atoms. The molecular formula is C25H28S2. The highest BCUT2D eigenvalue weighted by Crippen LogP contribution is 2.56. The Kier molecular flexibility index (Phi) is 5.79. The molecule has 0 spiro atoms. The van der Waals surface area contributed by atoms with E-state index in [4.69, 9.17) is 12.6 Å². The zero-order chi connectivity index (χ0) is 19.5. The average molecular weight is 393 g/mol. The highest BCUT2D eigenvalue weighted by molar-refractivity contribution is 8.02. The molecule has 0 atom stereocenters. The first-order valence-corrected chi connectivity index (χ1v) is 10.6. The van der Waals surface area contributed by atoms with E-state index in [-0.39, 0.29) is 14.2 Å². The van der Waals surface area contributed by atoms with Crippen molar-refractivity contribution in [2.75, 3.05) is 0 Å². The zero-order valence-corrected chi connectivity index (χ0v) is 18.2. The van der Waals surface area contributed by atoms with Gasteiger partial charge >= 0.3 is 0 Å². The van der Waals surface area contributed by atoms with Gasteiger partial charge in [-0.1, -0.05) is 91.0 Å². The molecule has 0 aliphatic heterocycles. The van der Waals surface area contributed by atoms with Crippen LogP contribution in [0, 0.1) is 0 Å². The lowest BCUT2D eigenvalue weighted by atomic mass is 9.84. The maximum atomic E-state index is 4.96. The predicted octanol–water partition coefficient (Wildman–Crippen LogP) is 7.20. The van der Waals surface area contributed by atoms with Gasteiger partial charge in [-0.05, 0) is 44.4 Å². The van der Waals surface area contributed by atoms with E-state index >= 15 is 0 Å². The number of hydrogen-bond donors (Lipinski definition) is 1. The first-order chi connectivity index (χ1) is 12.8. The van der Waals surface area contributed by atoms with Crippen molar-refractivity contribution < 1.29 is 0 Å². The van der Waals surface area contributed by atoms with Crippen molar-refractivity contribution in [1.29, 1.82) is 0 Å². The standard InChI is InChI=1S/C25H28S2/c1-23(2,26)24(3,4)27-25(20-14-8-5-9-15-20,21-16-10-6-11-17-21)22-18-12-7-13-19-22/h5-19,26H,1-4H3. The SMILES string of the molecule is CC(C)(S)C(C)(C)SC(c1ccccc1)(c1ccccc1)c1ccccc1. The Hall–Kier alpha value is -1.64. The quantitative estimate of drug-likeness (QED) is 0.342. The van der Waals surface area contributed by atoms with Gasteiger partial charge in [0.2, 0.25) is 0 Å². The highest BCUT2D eigenvalue weighted by Gasteiger charge is 2.46. The van der Waals surface area contributed by atoms with Crippen LogP contribution in [0.2, 0.25) is 0 Å². The van der Waals surface area contributed by atoms with Crippen molar-refractivity contribution >= 4 is 24.4 Å². The summed E-state index contributed by atoms with van der Waals surface area (Å²) >= 11 is 6.95. The van der Waals surface area contributed by atoms with Gasteiger partial charge < -0.3 is 0 Å². The molecule has 0 saturated heterocycles. The molecule has 0 aromatic heterocycles. The smallest absolute Gasteiger partial charge is 0.0912 e. The van der Waals surface area contributed by atoms with Gasteiger partial charge in [0.25, 0.3) is 0 Å². The van der Waals surface area contributed by atoms with Gasteiger partial charge in [-0.15, -0.1) is 11.8 Å². The molecule has 0 fully saturated rings. The minimum absolute atomic E-state index is 0.0857. The van der Waals surface area contributed by atoms with Gasteiger partial charge in [-0.3, -0.25) is 0 Å². The summed E-state index contributed by atoms with van der Waals surface area (Å²) in [5.74, 6) is 0. The molecule has 140 valence electrons. The van der Waals surface area contributed by atoms with Gasteiger partial charge in [0, 0.05) is 9.49 Å². The van der Waals surface area contributed by atoms with Crippen molar-refractivity contribution in [2.45, 2.75) is 41.9 Å². The number of rotatable bonds is 6. The van der Waals surface area contributed by atoms with E-state index in [1.807, 2.05) is 11.8 Å². The first-order valence-electron chi connectivity index (χ1n) is 9.36. The summed E-state index contributed by atoms with van der Waals surface area (Å²) in [7, 11) is 0. The fraction of sp³-hybridized carbons (Fsp3) is 0.280. The fourth-order valence-electron chi connectivity index (χ4n) is 3.20. The van der Waals surface area contributed by atoms with Crippen molar-refractivity contribution in [3.05, 3.63) is 108 Å². The molecule has 0 N–H and O–H groups in total.